The topological polar surface area (TPSA) is 323 Å². The Hall–Kier alpha value is -1.69. The Balaban J connectivity index is 1.47. The van der Waals surface area contributed by atoms with E-state index in [9.17, 15) is 43.3 Å². The maximum Gasteiger partial charge on any atom is 0.490 e. The van der Waals surface area contributed by atoms with Crippen molar-refractivity contribution in [2.75, 3.05) is 36.0 Å². The zero-order valence-electron chi connectivity index (χ0n) is 24.4. The molecule has 0 bridgehead atoms. The molecular weight excluding hydrogens is 810 g/mol. The van der Waals surface area contributed by atoms with E-state index in [0.717, 1.165) is 12.8 Å². The molecule has 0 spiro atoms. The highest BCUT2D eigenvalue weighted by molar-refractivity contribution is 14.1. The first-order valence-corrected chi connectivity index (χ1v) is 19.9. The van der Waals surface area contributed by atoms with Gasteiger partial charge in [0.15, 0.2) is 23.2 Å². The summed E-state index contributed by atoms with van der Waals surface area (Å²) in [5.74, 6) is 0.232. The van der Waals surface area contributed by atoms with Gasteiger partial charge in [0, 0.05) is 26.1 Å². The Bertz CT molecular complexity index is 1510. The third-order valence-electron chi connectivity index (χ3n) is 6.28. The maximum atomic E-state index is 12.1. The normalized spacial score (nSPS) is 22.4. The number of halogens is 1. The number of anilines is 1. The first-order valence-electron chi connectivity index (χ1n) is 13.8. The summed E-state index contributed by atoms with van der Waals surface area (Å²) in [7, 11) is -16.8. The van der Waals surface area contributed by atoms with Gasteiger partial charge in [-0.2, -0.15) is 8.62 Å². The number of carbonyl (C=O) groups excluding carboxylic acids is 2. The molecule has 0 radical (unpaired) electrons. The molecule has 22 nitrogen and oxygen atoms in total. The van der Waals surface area contributed by atoms with Crippen molar-refractivity contribution >= 4 is 74.9 Å². The number of amides is 2. The van der Waals surface area contributed by atoms with Gasteiger partial charge in [-0.1, -0.05) is 29.0 Å². The van der Waals surface area contributed by atoms with Crippen molar-refractivity contribution in [3.05, 3.63) is 12.7 Å². The summed E-state index contributed by atoms with van der Waals surface area (Å²) >= 11 is 1.99. The van der Waals surface area contributed by atoms with Crippen molar-refractivity contribution in [2.24, 2.45) is 0 Å². The first-order chi connectivity index (χ1) is 22.0. The highest BCUT2D eigenvalue weighted by Gasteiger charge is 2.47. The number of aliphatic hydroxyl groups excluding tert-OH is 2. The van der Waals surface area contributed by atoms with Crippen LogP contribution in [0.25, 0.3) is 11.2 Å². The molecule has 26 heteroatoms. The minimum atomic E-state index is -5.75. The molecule has 1 fully saturated rings. The number of phosphoric acid groups is 3. The standard InChI is InChI=1S/C21H35IN7O15P3/c22-9-15(31)24-6-3-1-2-5-14(30)23-7-4-8-25-19-16-20(27-11-26-19)29(12-28-16)21-18(33)17(32)13(42-21)10-41-46(37,38)44-47(39,40)43-45(34,35)36/h11-13,17-18,21,32-33H,1-10H2,(H,23,30)(H,24,31)(H,37,38)(H,39,40)(H,25,26,27)(H2,34,35,36). The van der Waals surface area contributed by atoms with Gasteiger partial charge in [-0.15, -0.1) is 0 Å². The number of nitrogens with zero attached hydrogens (tertiary/aromatic N) is 4. The third kappa shape index (κ3) is 12.9. The number of unbranched alkanes of at least 4 members (excludes halogenated alkanes) is 2. The molecule has 2 aromatic heterocycles. The van der Waals surface area contributed by atoms with Crippen molar-refractivity contribution in [1.82, 2.24) is 30.2 Å². The van der Waals surface area contributed by atoms with Crippen molar-refractivity contribution in [3.63, 3.8) is 0 Å². The van der Waals surface area contributed by atoms with Crippen LogP contribution >= 0.6 is 46.1 Å². The number of alkyl halides is 1. The zero-order valence-corrected chi connectivity index (χ0v) is 29.2. The second-order valence-corrected chi connectivity index (χ2v) is 15.1. The zero-order chi connectivity index (χ0) is 34.8. The van der Waals surface area contributed by atoms with Crippen LogP contribution in [0.4, 0.5) is 5.82 Å². The fourth-order valence-electron chi connectivity index (χ4n) is 4.21. The van der Waals surface area contributed by atoms with Crippen molar-refractivity contribution in [2.45, 2.75) is 56.6 Å². The second kappa shape index (κ2) is 17.8. The summed E-state index contributed by atoms with van der Waals surface area (Å²) in [4.78, 5) is 71.9. The fourth-order valence-corrected chi connectivity index (χ4v) is 7.51. The minimum Gasteiger partial charge on any atom is -0.387 e. The van der Waals surface area contributed by atoms with Gasteiger partial charge in [-0.05, 0) is 19.3 Å². The first kappa shape index (κ1) is 39.7. The molecule has 3 heterocycles. The van der Waals surface area contributed by atoms with E-state index < -0.39 is 54.6 Å². The molecule has 0 saturated carbocycles. The molecule has 2 aromatic rings. The van der Waals surface area contributed by atoms with Crippen molar-refractivity contribution < 1.29 is 71.0 Å². The summed E-state index contributed by atoms with van der Waals surface area (Å²) < 4.78 is 53.3. The summed E-state index contributed by atoms with van der Waals surface area (Å²) in [5, 5.41) is 29.7. The highest BCUT2D eigenvalue weighted by atomic mass is 127. The van der Waals surface area contributed by atoms with Gasteiger partial charge in [0.05, 0.1) is 17.4 Å². The van der Waals surface area contributed by atoms with Crippen molar-refractivity contribution in [3.8, 4) is 0 Å². The van der Waals surface area contributed by atoms with E-state index in [1.165, 1.54) is 17.2 Å². The summed E-state index contributed by atoms with van der Waals surface area (Å²) in [5.41, 5.74) is 0.447. The number of aliphatic hydroxyl groups is 2. The van der Waals surface area contributed by atoms with Crippen LogP contribution in [0.5, 0.6) is 0 Å². The molecule has 266 valence electrons. The number of imidazole rings is 1. The number of ether oxygens (including phenoxy) is 1. The number of nitrogens with one attached hydrogen (secondary N) is 3. The molecule has 9 N–H and O–H groups in total. The van der Waals surface area contributed by atoms with Gasteiger partial charge in [0.25, 0.3) is 0 Å². The van der Waals surface area contributed by atoms with E-state index in [1.807, 2.05) is 22.6 Å². The summed E-state index contributed by atoms with van der Waals surface area (Å²) in [6.45, 7) is 0.408. The quantitative estimate of drug-likeness (QED) is 0.0361. The van der Waals surface area contributed by atoms with Gasteiger partial charge in [-0.3, -0.25) is 18.7 Å². The van der Waals surface area contributed by atoms with Crippen LogP contribution in [-0.4, -0.2) is 110 Å². The predicted octanol–water partition coefficient (Wildman–Crippen LogP) is -0.181. The molecular formula is C21H35IN7O15P3. The van der Waals surface area contributed by atoms with Crippen molar-refractivity contribution in [1.29, 1.82) is 0 Å². The number of fused-ring (bicyclic) bond motifs is 1. The lowest BCUT2D eigenvalue weighted by Crippen LogP contribution is -2.33. The molecule has 0 aliphatic carbocycles. The third-order valence-corrected chi connectivity index (χ3v) is 10.8. The predicted molar refractivity (Wildman–Crippen MR) is 168 cm³/mol. The largest absolute Gasteiger partial charge is 0.490 e. The highest BCUT2D eigenvalue weighted by Crippen LogP contribution is 2.66. The van der Waals surface area contributed by atoms with E-state index in [0.29, 0.717) is 49.1 Å². The number of aromatic nitrogens is 4. The Labute approximate surface area is 280 Å². The Morgan fingerprint density at radius 1 is 0.894 bits per heavy atom. The number of rotatable bonds is 20. The van der Waals surface area contributed by atoms with E-state index in [-0.39, 0.29) is 23.0 Å². The SMILES string of the molecule is O=C(CI)NCCCCCC(=O)NCCCNc1ncnc2c1ncn2C1OC(COP(=O)(O)OP(=O)(O)OP(=O)(O)O)C(O)C1O. The van der Waals surface area contributed by atoms with E-state index in [4.69, 9.17) is 14.5 Å². The molecule has 1 saturated heterocycles. The molecule has 2 amide bonds. The summed E-state index contributed by atoms with van der Waals surface area (Å²) in [6, 6.07) is 0. The lowest BCUT2D eigenvalue weighted by Gasteiger charge is -2.19. The van der Waals surface area contributed by atoms with Gasteiger partial charge in [-0.25, -0.2) is 28.6 Å². The van der Waals surface area contributed by atoms with Crippen LogP contribution in [0.2, 0.25) is 0 Å². The number of phosphoric ester groups is 1. The second-order valence-electron chi connectivity index (χ2n) is 9.90. The molecule has 3 rings (SSSR count). The monoisotopic (exact) mass is 845 g/mol. The fraction of sp³-hybridized carbons (Fsp3) is 0.667. The van der Waals surface area contributed by atoms with E-state index >= 15 is 0 Å². The van der Waals surface area contributed by atoms with Gasteiger partial charge >= 0.3 is 23.5 Å². The van der Waals surface area contributed by atoms with E-state index in [1.54, 1.807) is 0 Å². The average molecular weight is 845 g/mol. The van der Waals surface area contributed by atoms with Crippen LogP contribution in [-0.2, 0) is 41.2 Å². The van der Waals surface area contributed by atoms with Crippen LogP contribution in [0.3, 0.4) is 0 Å². The number of hydrogen-bond acceptors (Lipinski definition) is 15. The van der Waals surface area contributed by atoms with Crippen LogP contribution in [0.1, 0.15) is 38.3 Å². The van der Waals surface area contributed by atoms with Crippen LogP contribution in [0, 0.1) is 0 Å². The molecule has 1 aliphatic rings. The van der Waals surface area contributed by atoms with Crippen LogP contribution < -0.4 is 16.0 Å². The average Bonchev–Trinajstić information content (AvgIpc) is 3.52. The molecule has 6 unspecified atom stereocenters. The molecule has 47 heavy (non-hydrogen) atoms. The van der Waals surface area contributed by atoms with Crippen LogP contribution in [0.15, 0.2) is 12.7 Å². The van der Waals surface area contributed by atoms with E-state index in [2.05, 4.69) is 44.0 Å². The minimum absolute atomic E-state index is 0.0125. The lowest BCUT2D eigenvalue weighted by atomic mass is 10.1. The maximum absolute atomic E-state index is 12.1. The van der Waals surface area contributed by atoms with Gasteiger partial charge in [0.2, 0.25) is 11.8 Å². The lowest BCUT2D eigenvalue weighted by molar-refractivity contribution is -0.121. The van der Waals surface area contributed by atoms with Gasteiger partial charge < -0.3 is 50.5 Å². The smallest absolute Gasteiger partial charge is 0.387 e. The molecule has 1 aliphatic heterocycles. The van der Waals surface area contributed by atoms with Gasteiger partial charge in [0.1, 0.15) is 24.6 Å². The molecule has 6 atom stereocenters. The Morgan fingerprint density at radius 2 is 1.60 bits per heavy atom. The Morgan fingerprint density at radius 3 is 2.30 bits per heavy atom. The Kier molecular flexibility index (Phi) is 15.1. The number of carbonyl (C=O) groups is 2. The molecule has 0 aromatic carbocycles. The summed E-state index contributed by atoms with van der Waals surface area (Å²) in [6.07, 6.45) is -0.493. The number of hydrogen-bond donors (Lipinski definition) is 9.